The van der Waals surface area contributed by atoms with Gasteiger partial charge in [0.1, 0.15) is 5.82 Å². The van der Waals surface area contributed by atoms with Gasteiger partial charge in [-0.25, -0.2) is 4.39 Å². The highest BCUT2D eigenvalue weighted by Gasteiger charge is 2.02. The zero-order chi connectivity index (χ0) is 13.5. The van der Waals surface area contributed by atoms with Crippen molar-refractivity contribution < 1.29 is 4.39 Å². The second kappa shape index (κ2) is 7.31. The first kappa shape index (κ1) is 14.1. The van der Waals surface area contributed by atoms with Crippen LogP contribution in [0.5, 0.6) is 0 Å². The number of nitrogens with one attached hydrogen (secondary N) is 1. The Kier molecular flexibility index (Phi) is 5.43. The molecule has 0 spiro atoms. The SMILES string of the molecule is CCNCc1cccc(SCc2ccccc2F)c1. The molecule has 0 aliphatic rings. The molecule has 0 saturated heterocycles. The molecule has 2 aromatic rings. The minimum Gasteiger partial charge on any atom is -0.313 e. The van der Waals surface area contributed by atoms with Crippen molar-refractivity contribution >= 4 is 11.8 Å². The third-order valence-corrected chi connectivity index (χ3v) is 3.87. The average molecular weight is 275 g/mol. The Morgan fingerprint density at radius 3 is 2.74 bits per heavy atom. The summed E-state index contributed by atoms with van der Waals surface area (Å²) in [6, 6.07) is 15.3. The van der Waals surface area contributed by atoms with Crippen LogP contribution in [0.15, 0.2) is 53.4 Å². The monoisotopic (exact) mass is 275 g/mol. The van der Waals surface area contributed by atoms with E-state index < -0.39 is 0 Å². The Hall–Kier alpha value is -1.32. The molecule has 0 saturated carbocycles. The lowest BCUT2D eigenvalue weighted by Gasteiger charge is -2.06. The van der Waals surface area contributed by atoms with Crippen molar-refractivity contribution in [1.29, 1.82) is 0 Å². The van der Waals surface area contributed by atoms with E-state index in [1.165, 1.54) is 16.5 Å². The molecule has 0 atom stereocenters. The first-order chi connectivity index (χ1) is 9.29. The van der Waals surface area contributed by atoms with Gasteiger partial charge in [-0.1, -0.05) is 37.3 Å². The maximum Gasteiger partial charge on any atom is 0.127 e. The molecule has 0 unspecified atom stereocenters. The molecule has 1 N–H and O–H groups in total. The van der Waals surface area contributed by atoms with Gasteiger partial charge < -0.3 is 5.32 Å². The molecule has 2 aromatic carbocycles. The van der Waals surface area contributed by atoms with Crippen LogP contribution in [0.4, 0.5) is 4.39 Å². The number of benzene rings is 2. The van der Waals surface area contributed by atoms with Crippen LogP contribution in [-0.4, -0.2) is 6.54 Å². The molecule has 0 aliphatic carbocycles. The Balaban J connectivity index is 1.98. The fraction of sp³-hybridized carbons (Fsp3) is 0.250. The van der Waals surface area contributed by atoms with E-state index >= 15 is 0 Å². The summed E-state index contributed by atoms with van der Waals surface area (Å²) < 4.78 is 13.5. The molecule has 0 radical (unpaired) electrons. The molecule has 0 amide bonds. The maximum atomic E-state index is 13.5. The summed E-state index contributed by atoms with van der Waals surface area (Å²) in [5.74, 6) is 0.538. The zero-order valence-electron chi connectivity index (χ0n) is 11.0. The van der Waals surface area contributed by atoms with Gasteiger partial charge in [-0.2, -0.15) is 0 Å². The minimum atomic E-state index is -0.126. The van der Waals surface area contributed by atoms with E-state index in [0.29, 0.717) is 5.75 Å². The molecule has 0 fully saturated rings. The Morgan fingerprint density at radius 1 is 1.11 bits per heavy atom. The molecule has 100 valence electrons. The van der Waals surface area contributed by atoms with Crippen molar-refractivity contribution in [2.45, 2.75) is 24.1 Å². The van der Waals surface area contributed by atoms with Crippen LogP contribution in [0.25, 0.3) is 0 Å². The number of halogens is 1. The second-order valence-corrected chi connectivity index (χ2v) is 5.36. The average Bonchev–Trinajstić information content (AvgIpc) is 2.45. The number of thioether (sulfide) groups is 1. The molecule has 0 heterocycles. The molecule has 2 rings (SSSR count). The van der Waals surface area contributed by atoms with Gasteiger partial charge in [0, 0.05) is 17.2 Å². The van der Waals surface area contributed by atoms with Gasteiger partial charge in [-0.3, -0.25) is 0 Å². The van der Waals surface area contributed by atoms with Crippen molar-refractivity contribution in [3.8, 4) is 0 Å². The van der Waals surface area contributed by atoms with Gasteiger partial charge in [0.05, 0.1) is 0 Å². The van der Waals surface area contributed by atoms with Gasteiger partial charge >= 0.3 is 0 Å². The smallest absolute Gasteiger partial charge is 0.127 e. The molecule has 0 aliphatic heterocycles. The molecular formula is C16H18FNS. The van der Waals surface area contributed by atoms with Crippen LogP contribution in [0.1, 0.15) is 18.1 Å². The molecular weight excluding hydrogens is 257 g/mol. The molecule has 1 nitrogen and oxygen atoms in total. The van der Waals surface area contributed by atoms with Gasteiger partial charge in [-0.15, -0.1) is 11.8 Å². The van der Waals surface area contributed by atoms with Crippen LogP contribution in [0, 0.1) is 5.82 Å². The Bertz CT molecular complexity index is 528. The van der Waals surface area contributed by atoms with E-state index in [-0.39, 0.29) is 5.82 Å². The van der Waals surface area contributed by atoms with Gasteiger partial charge in [-0.05, 0) is 35.9 Å². The topological polar surface area (TPSA) is 12.0 Å². The Labute approximate surface area is 118 Å². The normalized spacial score (nSPS) is 10.6. The van der Waals surface area contributed by atoms with Crippen molar-refractivity contribution in [3.05, 3.63) is 65.5 Å². The van der Waals surface area contributed by atoms with E-state index in [0.717, 1.165) is 18.7 Å². The van der Waals surface area contributed by atoms with Crippen molar-refractivity contribution in [1.82, 2.24) is 5.32 Å². The van der Waals surface area contributed by atoms with Crippen LogP contribution < -0.4 is 5.32 Å². The highest BCUT2D eigenvalue weighted by atomic mass is 32.2. The highest BCUT2D eigenvalue weighted by Crippen LogP contribution is 2.24. The molecule has 3 heteroatoms. The van der Waals surface area contributed by atoms with E-state index in [4.69, 9.17) is 0 Å². The maximum absolute atomic E-state index is 13.5. The van der Waals surface area contributed by atoms with Gasteiger partial charge in [0.15, 0.2) is 0 Å². The number of rotatable bonds is 6. The molecule has 19 heavy (non-hydrogen) atoms. The number of hydrogen-bond donors (Lipinski definition) is 1. The van der Waals surface area contributed by atoms with Crippen LogP contribution in [-0.2, 0) is 12.3 Å². The first-order valence-electron chi connectivity index (χ1n) is 6.45. The van der Waals surface area contributed by atoms with E-state index in [1.54, 1.807) is 17.8 Å². The van der Waals surface area contributed by atoms with Crippen LogP contribution >= 0.6 is 11.8 Å². The summed E-state index contributed by atoms with van der Waals surface area (Å²) in [6.07, 6.45) is 0. The van der Waals surface area contributed by atoms with Gasteiger partial charge in [0.2, 0.25) is 0 Å². The van der Waals surface area contributed by atoms with Gasteiger partial charge in [0.25, 0.3) is 0 Å². The predicted molar refractivity (Wildman–Crippen MR) is 79.8 cm³/mol. The summed E-state index contributed by atoms with van der Waals surface area (Å²) in [6.45, 7) is 3.94. The lowest BCUT2D eigenvalue weighted by Crippen LogP contribution is -2.11. The molecule has 0 aromatic heterocycles. The van der Waals surface area contributed by atoms with Crippen molar-refractivity contribution in [2.75, 3.05) is 6.54 Å². The third-order valence-electron chi connectivity index (χ3n) is 2.83. The lowest BCUT2D eigenvalue weighted by atomic mass is 10.2. The molecule has 0 bridgehead atoms. The van der Waals surface area contributed by atoms with E-state index in [2.05, 4.69) is 36.5 Å². The van der Waals surface area contributed by atoms with Crippen LogP contribution in [0.3, 0.4) is 0 Å². The summed E-state index contributed by atoms with van der Waals surface area (Å²) in [7, 11) is 0. The van der Waals surface area contributed by atoms with Crippen molar-refractivity contribution in [2.24, 2.45) is 0 Å². The quantitative estimate of drug-likeness (QED) is 0.792. The summed E-state index contributed by atoms with van der Waals surface area (Å²) in [5.41, 5.74) is 2.02. The third kappa shape index (κ3) is 4.37. The van der Waals surface area contributed by atoms with Crippen LogP contribution in [0.2, 0.25) is 0 Å². The van der Waals surface area contributed by atoms with Crippen molar-refractivity contribution in [3.63, 3.8) is 0 Å². The second-order valence-electron chi connectivity index (χ2n) is 4.31. The van der Waals surface area contributed by atoms with E-state index in [1.807, 2.05) is 12.1 Å². The summed E-state index contributed by atoms with van der Waals surface area (Å²) >= 11 is 1.67. The Morgan fingerprint density at radius 2 is 1.95 bits per heavy atom. The zero-order valence-corrected chi connectivity index (χ0v) is 11.8. The predicted octanol–water partition coefficient (Wildman–Crippen LogP) is 4.23. The largest absolute Gasteiger partial charge is 0.313 e. The van der Waals surface area contributed by atoms with E-state index in [9.17, 15) is 4.39 Å². The summed E-state index contributed by atoms with van der Waals surface area (Å²) in [5, 5.41) is 3.31. The fourth-order valence-electron chi connectivity index (χ4n) is 1.79. The summed E-state index contributed by atoms with van der Waals surface area (Å²) in [4.78, 5) is 1.18. The first-order valence-corrected chi connectivity index (χ1v) is 7.44. The fourth-order valence-corrected chi connectivity index (χ4v) is 2.76. The highest BCUT2D eigenvalue weighted by molar-refractivity contribution is 7.98. The number of hydrogen-bond acceptors (Lipinski definition) is 2. The lowest BCUT2D eigenvalue weighted by molar-refractivity contribution is 0.617. The standard InChI is InChI=1S/C16H18FNS/c1-2-18-11-13-6-5-8-15(10-13)19-12-14-7-3-4-9-16(14)17/h3-10,18H,2,11-12H2,1H3. The minimum absolute atomic E-state index is 0.126.